The van der Waals surface area contributed by atoms with Crippen molar-refractivity contribution in [2.75, 3.05) is 20.3 Å². The van der Waals surface area contributed by atoms with Crippen LogP contribution in [-0.4, -0.2) is 31.2 Å². The number of aryl methyl sites for hydroxylation is 1. The Morgan fingerprint density at radius 2 is 2.16 bits per heavy atom. The van der Waals surface area contributed by atoms with Gasteiger partial charge in [0.15, 0.2) is 0 Å². The molecule has 0 aliphatic heterocycles. The van der Waals surface area contributed by atoms with Crippen molar-refractivity contribution >= 4 is 16.8 Å². The number of methoxy groups -OCH3 is 1. The number of hydrogen-bond donors (Lipinski definition) is 2. The summed E-state index contributed by atoms with van der Waals surface area (Å²) in [6.07, 6.45) is 3.03. The van der Waals surface area contributed by atoms with Gasteiger partial charge in [-0.2, -0.15) is 0 Å². The van der Waals surface area contributed by atoms with Crippen LogP contribution >= 0.6 is 0 Å². The standard InChI is InChI=1S/C14H18N2O3/c1-18-8-9-19-16-14(17)7-6-11-10-15-13-5-3-2-4-12(11)13/h2-5,10,15H,6-9H2,1H3,(H,16,17). The first-order chi connectivity index (χ1) is 9.31. The van der Waals surface area contributed by atoms with Crippen LogP contribution in [0.2, 0.25) is 0 Å². The van der Waals surface area contributed by atoms with E-state index in [0.29, 0.717) is 26.1 Å². The van der Waals surface area contributed by atoms with E-state index in [4.69, 9.17) is 9.57 Å². The highest BCUT2D eigenvalue weighted by Crippen LogP contribution is 2.18. The summed E-state index contributed by atoms with van der Waals surface area (Å²) in [5.41, 5.74) is 4.63. The third-order valence-electron chi connectivity index (χ3n) is 2.87. The van der Waals surface area contributed by atoms with E-state index < -0.39 is 0 Å². The van der Waals surface area contributed by atoms with E-state index in [2.05, 4.69) is 10.5 Å². The number of aromatic nitrogens is 1. The quantitative estimate of drug-likeness (QED) is 0.590. The normalized spacial score (nSPS) is 10.8. The SMILES string of the molecule is COCCONC(=O)CCc1c[nH]c2ccccc12. The number of fused-ring (bicyclic) bond motifs is 1. The Bertz CT molecular complexity index is 536. The number of rotatable bonds is 7. The third kappa shape index (κ3) is 3.81. The number of nitrogens with one attached hydrogen (secondary N) is 2. The van der Waals surface area contributed by atoms with Gasteiger partial charge in [-0.15, -0.1) is 0 Å². The van der Waals surface area contributed by atoms with E-state index in [1.807, 2.05) is 30.5 Å². The summed E-state index contributed by atoms with van der Waals surface area (Å²) in [6, 6.07) is 8.05. The number of hydrogen-bond acceptors (Lipinski definition) is 3. The molecule has 0 aliphatic rings. The summed E-state index contributed by atoms with van der Waals surface area (Å²) in [7, 11) is 1.59. The average Bonchev–Trinajstić information content (AvgIpc) is 2.85. The molecule has 0 bridgehead atoms. The number of carbonyl (C=O) groups excluding carboxylic acids is 1. The van der Waals surface area contributed by atoms with E-state index in [0.717, 1.165) is 16.5 Å². The fraction of sp³-hybridized carbons (Fsp3) is 0.357. The van der Waals surface area contributed by atoms with Crippen molar-refractivity contribution < 1.29 is 14.4 Å². The Morgan fingerprint density at radius 3 is 3.00 bits per heavy atom. The van der Waals surface area contributed by atoms with Crippen molar-refractivity contribution in [1.82, 2.24) is 10.5 Å². The summed E-state index contributed by atoms with van der Waals surface area (Å²) in [6.45, 7) is 0.818. The van der Waals surface area contributed by atoms with Gasteiger partial charge in [0.2, 0.25) is 5.91 Å². The van der Waals surface area contributed by atoms with E-state index >= 15 is 0 Å². The number of para-hydroxylation sites is 1. The lowest BCUT2D eigenvalue weighted by Crippen LogP contribution is -2.25. The van der Waals surface area contributed by atoms with Crippen LogP contribution in [0.15, 0.2) is 30.5 Å². The maximum atomic E-state index is 11.6. The molecule has 0 saturated carbocycles. The molecule has 0 radical (unpaired) electrons. The highest BCUT2D eigenvalue weighted by Gasteiger charge is 2.06. The summed E-state index contributed by atoms with van der Waals surface area (Å²) in [4.78, 5) is 19.7. The molecule has 0 spiro atoms. The lowest BCUT2D eigenvalue weighted by atomic mass is 10.1. The first-order valence-corrected chi connectivity index (χ1v) is 6.26. The predicted octanol–water partition coefficient (Wildman–Crippen LogP) is 1.79. The maximum Gasteiger partial charge on any atom is 0.243 e. The van der Waals surface area contributed by atoms with Crippen LogP contribution in [0.4, 0.5) is 0 Å². The van der Waals surface area contributed by atoms with Crippen LogP contribution in [0.1, 0.15) is 12.0 Å². The summed E-state index contributed by atoms with van der Waals surface area (Å²) in [5, 5.41) is 1.16. The molecule has 2 N–H and O–H groups in total. The Morgan fingerprint density at radius 1 is 1.32 bits per heavy atom. The van der Waals surface area contributed by atoms with Gasteiger partial charge in [0, 0.05) is 30.6 Å². The molecule has 1 aromatic carbocycles. The van der Waals surface area contributed by atoms with Crippen LogP contribution in [-0.2, 0) is 20.8 Å². The molecule has 1 aromatic heterocycles. The van der Waals surface area contributed by atoms with E-state index in [9.17, 15) is 4.79 Å². The van der Waals surface area contributed by atoms with Crippen molar-refractivity contribution in [3.8, 4) is 0 Å². The lowest BCUT2D eigenvalue weighted by Gasteiger charge is -2.04. The van der Waals surface area contributed by atoms with Gasteiger partial charge in [0.1, 0.15) is 0 Å². The van der Waals surface area contributed by atoms with Crippen LogP contribution < -0.4 is 5.48 Å². The van der Waals surface area contributed by atoms with Crippen molar-refractivity contribution in [1.29, 1.82) is 0 Å². The molecule has 19 heavy (non-hydrogen) atoms. The van der Waals surface area contributed by atoms with Gasteiger partial charge in [0.05, 0.1) is 13.2 Å². The van der Waals surface area contributed by atoms with Gasteiger partial charge in [-0.25, -0.2) is 5.48 Å². The minimum atomic E-state index is -0.124. The Balaban J connectivity index is 1.80. The summed E-state index contributed by atoms with van der Waals surface area (Å²) in [5.74, 6) is -0.124. The number of ether oxygens (including phenoxy) is 1. The maximum absolute atomic E-state index is 11.6. The molecule has 0 fully saturated rings. The highest BCUT2D eigenvalue weighted by atomic mass is 16.7. The molecule has 2 rings (SSSR count). The summed E-state index contributed by atoms with van der Waals surface area (Å²) < 4.78 is 4.81. The smallest absolute Gasteiger partial charge is 0.243 e. The fourth-order valence-electron chi connectivity index (χ4n) is 1.89. The molecule has 102 valence electrons. The Hall–Kier alpha value is -1.85. The van der Waals surface area contributed by atoms with Gasteiger partial charge in [0.25, 0.3) is 0 Å². The van der Waals surface area contributed by atoms with Gasteiger partial charge >= 0.3 is 0 Å². The summed E-state index contributed by atoms with van der Waals surface area (Å²) >= 11 is 0. The second-order valence-electron chi connectivity index (χ2n) is 4.23. The minimum absolute atomic E-state index is 0.124. The number of carbonyl (C=O) groups is 1. The highest BCUT2D eigenvalue weighted by molar-refractivity contribution is 5.84. The van der Waals surface area contributed by atoms with Crippen molar-refractivity contribution in [2.24, 2.45) is 0 Å². The lowest BCUT2D eigenvalue weighted by molar-refractivity contribution is -0.134. The second-order valence-corrected chi connectivity index (χ2v) is 4.23. The first-order valence-electron chi connectivity index (χ1n) is 6.26. The zero-order chi connectivity index (χ0) is 13.5. The topological polar surface area (TPSA) is 63.4 Å². The number of H-pyrrole nitrogens is 1. The molecule has 1 amide bonds. The Labute approximate surface area is 111 Å². The van der Waals surface area contributed by atoms with E-state index in [-0.39, 0.29) is 5.91 Å². The molecule has 5 heteroatoms. The third-order valence-corrected chi connectivity index (χ3v) is 2.87. The monoisotopic (exact) mass is 262 g/mol. The molecular weight excluding hydrogens is 244 g/mol. The van der Waals surface area contributed by atoms with Crippen LogP contribution in [0.3, 0.4) is 0 Å². The van der Waals surface area contributed by atoms with Gasteiger partial charge in [-0.3, -0.25) is 9.63 Å². The minimum Gasteiger partial charge on any atom is -0.382 e. The molecular formula is C14H18N2O3. The average molecular weight is 262 g/mol. The predicted molar refractivity (Wildman–Crippen MR) is 72.6 cm³/mol. The number of amides is 1. The van der Waals surface area contributed by atoms with E-state index in [1.165, 1.54) is 0 Å². The number of benzene rings is 1. The number of aromatic amines is 1. The molecule has 2 aromatic rings. The van der Waals surface area contributed by atoms with E-state index in [1.54, 1.807) is 7.11 Å². The molecule has 0 atom stereocenters. The fourth-order valence-corrected chi connectivity index (χ4v) is 1.89. The van der Waals surface area contributed by atoms with Crippen LogP contribution in [0, 0.1) is 0 Å². The zero-order valence-corrected chi connectivity index (χ0v) is 10.9. The van der Waals surface area contributed by atoms with Crippen molar-refractivity contribution in [3.05, 3.63) is 36.0 Å². The first kappa shape index (κ1) is 13.6. The molecule has 1 heterocycles. The van der Waals surface area contributed by atoms with Gasteiger partial charge in [-0.1, -0.05) is 18.2 Å². The largest absolute Gasteiger partial charge is 0.382 e. The molecule has 0 unspecified atom stereocenters. The molecule has 5 nitrogen and oxygen atoms in total. The Kier molecular flexibility index (Phi) is 4.94. The molecule has 0 aliphatic carbocycles. The van der Waals surface area contributed by atoms with Gasteiger partial charge in [-0.05, 0) is 18.1 Å². The van der Waals surface area contributed by atoms with Crippen LogP contribution in [0.5, 0.6) is 0 Å². The molecule has 0 saturated heterocycles. The van der Waals surface area contributed by atoms with Crippen molar-refractivity contribution in [3.63, 3.8) is 0 Å². The van der Waals surface area contributed by atoms with Gasteiger partial charge < -0.3 is 9.72 Å². The second kappa shape index (κ2) is 6.92. The zero-order valence-electron chi connectivity index (χ0n) is 10.9. The number of hydroxylamine groups is 1. The van der Waals surface area contributed by atoms with Crippen molar-refractivity contribution in [2.45, 2.75) is 12.8 Å². The van der Waals surface area contributed by atoms with Crippen LogP contribution in [0.25, 0.3) is 10.9 Å².